The lowest BCUT2D eigenvalue weighted by Gasteiger charge is -2.26. The molecule has 0 heterocycles. The topological polar surface area (TPSA) is 3.24 Å². The number of anilines is 3. The van der Waals surface area contributed by atoms with Crippen LogP contribution in [0.2, 0.25) is 0 Å². The Kier molecular flexibility index (Phi) is 8.26. The molecule has 0 unspecified atom stereocenters. The number of nitrogens with zero attached hydrogens (tertiary/aromatic N) is 1. The van der Waals surface area contributed by atoms with E-state index in [0.29, 0.717) is 16.8 Å². The second-order valence-electron chi connectivity index (χ2n) is 16.7. The normalized spacial score (nSPS) is 13.0. The van der Waals surface area contributed by atoms with Crippen LogP contribution in [0.3, 0.4) is 0 Å². The van der Waals surface area contributed by atoms with Crippen LogP contribution in [-0.4, -0.2) is 0 Å². The highest BCUT2D eigenvalue weighted by molar-refractivity contribution is 6.04. The molecule has 0 atom stereocenters. The van der Waals surface area contributed by atoms with Crippen molar-refractivity contribution in [3.63, 3.8) is 0 Å². The predicted octanol–water partition coefficient (Wildman–Crippen LogP) is 18.6. The minimum Gasteiger partial charge on any atom is -0.311 e. The molecule has 0 aromatic heterocycles. The molecule has 314 valence electrons. The Morgan fingerprint density at radius 2 is 0.716 bits per heavy atom. The van der Waals surface area contributed by atoms with E-state index in [4.69, 9.17) is 0 Å². The van der Waals surface area contributed by atoms with E-state index in [1.807, 2.05) is 146 Å². The number of benzene rings is 12. The van der Waals surface area contributed by atoms with Crippen LogP contribution in [0.15, 0.2) is 273 Å². The first-order valence-electron chi connectivity index (χ1n) is 26.4. The zero-order valence-electron chi connectivity index (χ0n) is 44.3. The molecule has 0 saturated carbocycles. The molecule has 12 aromatic carbocycles. The van der Waals surface area contributed by atoms with Crippen molar-refractivity contribution in [3.8, 4) is 66.8 Å². The minimum absolute atomic E-state index is 0.0967. The summed E-state index contributed by atoms with van der Waals surface area (Å²) >= 11 is 0. The van der Waals surface area contributed by atoms with Gasteiger partial charge in [0.2, 0.25) is 0 Å². The molecule has 0 N–H and O–H groups in total. The lowest BCUT2D eigenvalue weighted by Crippen LogP contribution is -2.09. The maximum absolute atomic E-state index is 9.84. The Bertz CT molecular complexity index is 4150. The first-order chi connectivity index (χ1) is 36.5. The van der Waals surface area contributed by atoms with Crippen molar-refractivity contribution >= 4 is 49.4 Å². The predicted molar refractivity (Wildman–Crippen MR) is 286 cm³/mol. The van der Waals surface area contributed by atoms with Gasteiger partial charge in [-0.15, -0.1) is 0 Å². The number of rotatable bonds is 9. The van der Waals surface area contributed by atoms with E-state index in [2.05, 4.69) is 66.7 Å². The van der Waals surface area contributed by atoms with Gasteiger partial charge in [0, 0.05) is 17.1 Å². The van der Waals surface area contributed by atoms with E-state index in [1.165, 1.54) is 4.90 Å². The lowest BCUT2D eigenvalue weighted by atomic mass is 9.90. The lowest BCUT2D eigenvalue weighted by molar-refractivity contribution is 1.28. The van der Waals surface area contributed by atoms with Crippen LogP contribution in [0, 0.1) is 0 Å². The van der Waals surface area contributed by atoms with Crippen LogP contribution < -0.4 is 4.90 Å². The molecule has 0 aliphatic rings. The Balaban J connectivity index is 1.02. The molecule has 0 aliphatic heterocycles. The van der Waals surface area contributed by atoms with Gasteiger partial charge in [-0.1, -0.05) is 224 Å². The average Bonchev–Trinajstić information content (AvgIpc) is 3.46. The fourth-order valence-electron chi connectivity index (χ4n) is 9.22. The first kappa shape index (κ1) is 32.0. The molecule has 67 heavy (non-hydrogen) atoms. The fraction of sp³-hybridized carbons (Fsp3) is 0. The van der Waals surface area contributed by atoms with Crippen LogP contribution in [0.25, 0.3) is 99.1 Å². The van der Waals surface area contributed by atoms with E-state index in [0.717, 1.165) is 76.8 Å². The maximum atomic E-state index is 9.84. The Morgan fingerprint density at radius 3 is 1.45 bits per heavy atom. The van der Waals surface area contributed by atoms with Crippen molar-refractivity contribution in [1.82, 2.24) is 0 Å². The van der Waals surface area contributed by atoms with Crippen molar-refractivity contribution in [1.29, 1.82) is 0 Å². The van der Waals surface area contributed by atoms with Gasteiger partial charge < -0.3 is 4.90 Å². The van der Waals surface area contributed by atoms with Gasteiger partial charge in [-0.25, -0.2) is 0 Å². The van der Waals surface area contributed by atoms with Crippen LogP contribution >= 0.6 is 0 Å². The van der Waals surface area contributed by atoms with Crippen LogP contribution in [0.4, 0.5) is 17.1 Å². The van der Waals surface area contributed by atoms with Gasteiger partial charge in [-0.3, -0.25) is 0 Å². The molecule has 1 heteroatoms. The van der Waals surface area contributed by atoms with Crippen LogP contribution in [0.1, 0.15) is 11.0 Å². The molecular formula is C66H45N. The standard InChI is InChI=1S/C66H45N/c1-2-15-54(16-3-1)66-64-22-9-7-14-51(64)36-43-65(66)53-34-41-61(42-35-53)67(59-37-30-48(31-38-59)47-24-27-52(28-25-47)63-23-11-18-50-13-6-8-21-62(50)63)60-39-32-49(33-40-60)56-19-10-20-57(44-56)58-29-26-46-12-4-5-17-55(46)45-58/h1-45H/i30D,31D,34D,35D,37D,38D,41D,42D. The van der Waals surface area contributed by atoms with Crippen LogP contribution in [-0.2, 0) is 0 Å². The summed E-state index contributed by atoms with van der Waals surface area (Å²) in [5.41, 5.74) is 8.54. The van der Waals surface area contributed by atoms with Gasteiger partial charge in [-0.05, 0) is 148 Å². The van der Waals surface area contributed by atoms with E-state index >= 15 is 0 Å². The molecule has 0 bridgehead atoms. The van der Waals surface area contributed by atoms with Crippen molar-refractivity contribution in [2.75, 3.05) is 4.90 Å². The molecule has 0 radical (unpaired) electrons. The summed E-state index contributed by atoms with van der Waals surface area (Å²) in [6.07, 6.45) is 0. The molecule has 0 aliphatic carbocycles. The quantitative estimate of drug-likeness (QED) is 0.140. The van der Waals surface area contributed by atoms with E-state index < -0.39 is 24.2 Å². The molecule has 0 spiro atoms. The third kappa shape index (κ3) is 7.73. The highest BCUT2D eigenvalue weighted by Gasteiger charge is 2.17. The summed E-state index contributed by atoms with van der Waals surface area (Å²) in [6.45, 7) is 0. The summed E-state index contributed by atoms with van der Waals surface area (Å²) in [5.74, 6) is 0. The highest BCUT2D eigenvalue weighted by Crippen LogP contribution is 2.42. The molecule has 12 rings (SSSR count). The Labute approximate surface area is 403 Å². The number of fused-ring (bicyclic) bond motifs is 3. The maximum Gasteiger partial charge on any atom is 0.0645 e. The molecule has 12 aromatic rings. The van der Waals surface area contributed by atoms with Gasteiger partial charge in [0.1, 0.15) is 0 Å². The second-order valence-corrected chi connectivity index (χ2v) is 16.7. The van der Waals surface area contributed by atoms with Crippen molar-refractivity contribution in [3.05, 3.63) is 273 Å². The molecule has 0 amide bonds. The molecule has 0 fully saturated rings. The van der Waals surface area contributed by atoms with Crippen LogP contribution in [0.5, 0.6) is 0 Å². The van der Waals surface area contributed by atoms with Gasteiger partial charge in [0.25, 0.3) is 0 Å². The molecular weight excluding hydrogens is 807 g/mol. The highest BCUT2D eigenvalue weighted by atomic mass is 15.1. The summed E-state index contributed by atoms with van der Waals surface area (Å²) in [5, 5.41) is 6.32. The van der Waals surface area contributed by atoms with Gasteiger partial charge >= 0.3 is 0 Å². The summed E-state index contributed by atoms with van der Waals surface area (Å²) in [7, 11) is 0. The number of hydrogen-bond donors (Lipinski definition) is 0. The van der Waals surface area contributed by atoms with Crippen molar-refractivity contribution < 1.29 is 11.0 Å². The Morgan fingerprint density at radius 1 is 0.239 bits per heavy atom. The van der Waals surface area contributed by atoms with E-state index in [-0.39, 0.29) is 46.7 Å². The zero-order chi connectivity index (χ0) is 51.5. The van der Waals surface area contributed by atoms with Crippen molar-refractivity contribution in [2.24, 2.45) is 0 Å². The first-order valence-corrected chi connectivity index (χ1v) is 22.4. The van der Waals surface area contributed by atoms with Gasteiger partial charge in [0.15, 0.2) is 0 Å². The minimum atomic E-state index is -0.407. The smallest absolute Gasteiger partial charge is 0.0645 e. The monoisotopic (exact) mass is 859 g/mol. The largest absolute Gasteiger partial charge is 0.311 e. The third-order valence-corrected chi connectivity index (χ3v) is 12.6. The number of hydrogen-bond acceptors (Lipinski definition) is 1. The van der Waals surface area contributed by atoms with E-state index in [9.17, 15) is 11.0 Å². The second kappa shape index (κ2) is 17.3. The fourth-order valence-corrected chi connectivity index (χ4v) is 9.22. The summed E-state index contributed by atoms with van der Waals surface area (Å²) in [6, 6.07) is 70.3. The molecule has 1 nitrogen and oxygen atoms in total. The van der Waals surface area contributed by atoms with Gasteiger partial charge in [0.05, 0.1) is 11.0 Å². The SMILES string of the molecule is [2H]c1c([2H])c(N(c2ccc(-c3cccc(-c4ccc5ccccc5c4)c3)cc2)c2c([2H])c([2H])c(-c3ccc4ccccc4c3-c3ccccc3)c([2H])c2[2H])c([2H])c([2H])c1-c1ccc(-c2cccc3ccccc23)cc1. The zero-order valence-corrected chi connectivity index (χ0v) is 36.3. The average molecular weight is 860 g/mol. The molecule has 0 saturated heterocycles. The van der Waals surface area contributed by atoms with Crippen molar-refractivity contribution in [2.45, 2.75) is 0 Å². The summed E-state index contributed by atoms with van der Waals surface area (Å²) < 4.78 is 77.8. The Hall–Kier alpha value is -8.78. The third-order valence-electron chi connectivity index (χ3n) is 12.6. The summed E-state index contributed by atoms with van der Waals surface area (Å²) in [4.78, 5) is 1.37. The van der Waals surface area contributed by atoms with Gasteiger partial charge in [-0.2, -0.15) is 0 Å². The van der Waals surface area contributed by atoms with E-state index in [1.54, 1.807) is 12.1 Å².